The lowest BCUT2D eigenvalue weighted by atomic mass is 9.89. The monoisotopic (exact) mass is 556 g/mol. The SMILES string of the molecule is CC(C)(C)OC(=O)N1CCN2C(NC(CC3CCOCC3)c3ccccc3)=NCC2C1.I. The number of aliphatic imine (C=N–C) groups is 1. The number of halogens is 1. The van der Waals surface area contributed by atoms with Crippen molar-refractivity contribution in [2.24, 2.45) is 10.9 Å². The van der Waals surface area contributed by atoms with Crippen molar-refractivity contribution >= 4 is 36.0 Å². The van der Waals surface area contributed by atoms with E-state index in [1.807, 2.05) is 25.7 Å². The Bertz CT molecular complexity index is 777. The first-order chi connectivity index (χ1) is 14.9. The highest BCUT2D eigenvalue weighted by atomic mass is 127. The number of nitrogens with zero attached hydrogens (tertiary/aromatic N) is 3. The number of hydrogen-bond donors (Lipinski definition) is 1. The molecule has 0 bridgehead atoms. The van der Waals surface area contributed by atoms with Crippen molar-refractivity contribution in [2.75, 3.05) is 39.4 Å². The van der Waals surface area contributed by atoms with Gasteiger partial charge in [0.1, 0.15) is 5.60 Å². The molecule has 0 saturated carbocycles. The third-order valence-corrected chi connectivity index (χ3v) is 6.27. The highest BCUT2D eigenvalue weighted by Crippen LogP contribution is 2.29. The Hall–Kier alpha value is -1.55. The first-order valence-electron chi connectivity index (χ1n) is 11.6. The number of guanidine groups is 1. The molecule has 2 fully saturated rings. The van der Waals surface area contributed by atoms with Crippen LogP contribution in [0.4, 0.5) is 4.79 Å². The lowest BCUT2D eigenvalue weighted by molar-refractivity contribution is 0.0136. The summed E-state index contributed by atoms with van der Waals surface area (Å²) in [6.07, 6.45) is 3.09. The fourth-order valence-electron chi connectivity index (χ4n) is 4.63. The van der Waals surface area contributed by atoms with E-state index < -0.39 is 5.60 Å². The van der Waals surface area contributed by atoms with Gasteiger partial charge in [0, 0.05) is 32.8 Å². The molecule has 8 heteroatoms. The third kappa shape index (κ3) is 6.50. The fourth-order valence-corrected chi connectivity index (χ4v) is 4.63. The number of hydrogen-bond acceptors (Lipinski definition) is 6. The van der Waals surface area contributed by atoms with Crippen LogP contribution in [-0.2, 0) is 9.47 Å². The van der Waals surface area contributed by atoms with E-state index >= 15 is 0 Å². The van der Waals surface area contributed by atoms with Crippen LogP contribution in [0.3, 0.4) is 0 Å². The summed E-state index contributed by atoms with van der Waals surface area (Å²) in [6, 6.07) is 11.1. The Morgan fingerprint density at radius 3 is 2.62 bits per heavy atom. The third-order valence-electron chi connectivity index (χ3n) is 6.27. The Labute approximate surface area is 208 Å². The van der Waals surface area contributed by atoms with E-state index in [4.69, 9.17) is 14.5 Å². The number of piperazine rings is 1. The summed E-state index contributed by atoms with van der Waals surface area (Å²) in [4.78, 5) is 21.5. The molecule has 2 unspecified atom stereocenters. The largest absolute Gasteiger partial charge is 0.444 e. The van der Waals surface area contributed by atoms with Crippen molar-refractivity contribution in [1.82, 2.24) is 15.1 Å². The molecule has 3 heterocycles. The van der Waals surface area contributed by atoms with Gasteiger partial charge in [-0.05, 0) is 51.5 Å². The van der Waals surface area contributed by atoms with Crippen molar-refractivity contribution < 1.29 is 14.3 Å². The van der Waals surface area contributed by atoms with E-state index in [-0.39, 0.29) is 42.2 Å². The van der Waals surface area contributed by atoms with Gasteiger partial charge in [0.05, 0.1) is 18.6 Å². The van der Waals surface area contributed by atoms with E-state index in [2.05, 4.69) is 40.5 Å². The minimum absolute atomic E-state index is 0. The lowest BCUT2D eigenvalue weighted by Gasteiger charge is -2.40. The van der Waals surface area contributed by atoms with Gasteiger partial charge in [0.2, 0.25) is 0 Å². The van der Waals surface area contributed by atoms with Crippen LogP contribution in [0.5, 0.6) is 0 Å². The standard InChI is InChI=1S/C24H36N4O3.HI/c1-24(2,3)31-23(29)27-11-12-28-20(17-27)16-25-22(28)26-21(19-7-5-4-6-8-19)15-18-9-13-30-14-10-18;/h4-8,18,20-21H,9-17H2,1-3H3,(H,25,26);1H. The smallest absolute Gasteiger partial charge is 0.410 e. The molecule has 32 heavy (non-hydrogen) atoms. The van der Waals surface area contributed by atoms with E-state index in [9.17, 15) is 4.79 Å². The predicted octanol–water partition coefficient (Wildman–Crippen LogP) is 4.04. The minimum atomic E-state index is -0.472. The van der Waals surface area contributed by atoms with Gasteiger partial charge in [-0.3, -0.25) is 4.99 Å². The highest BCUT2D eigenvalue weighted by Gasteiger charge is 2.37. The van der Waals surface area contributed by atoms with Crippen LogP contribution >= 0.6 is 24.0 Å². The molecule has 0 spiro atoms. The topological polar surface area (TPSA) is 66.4 Å². The second-order valence-electron chi connectivity index (χ2n) is 9.84. The first kappa shape index (κ1) is 25.1. The van der Waals surface area contributed by atoms with Crippen molar-refractivity contribution in [3.05, 3.63) is 35.9 Å². The molecule has 1 amide bonds. The number of benzene rings is 1. The normalized spacial score (nSPS) is 22.5. The van der Waals surface area contributed by atoms with Crippen molar-refractivity contribution in [1.29, 1.82) is 0 Å². The van der Waals surface area contributed by atoms with E-state index in [1.54, 1.807) is 0 Å². The van der Waals surface area contributed by atoms with Gasteiger partial charge >= 0.3 is 6.09 Å². The Morgan fingerprint density at radius 1 is 1.22 bits per heavy atom. The molecule has 3 aliphatic heterocycles. The quantitative estimate of drug-likeness (QED) is 0.568. The molecule has 178 valence electrons. The molecule has 3 aliphatic rings. The molecule has 4 rings (SSSR count). The molecular formula is C24H37IN4O3. The van der Waals surface area contributed by atoms with Crippen LogP contribution in [0.15, 0.2) is 35.3 Å². The molecule has 1 aromatic rings. The zero-order chi connectivity index (χ0) is 21.8. The zero-order valence-electron chi connectivity index (χ0n) is 19.5. The number of carbonyl (C=O) groups is 1. The number of nitrogens with one attached hydrogen (secondary N) is 1. The number of ether oxygens (including phenoxy) is 2. The van der Waals surface area contributed by atoms with E-state index in [0.29, 0.717) is 25.6 Å². The average molecular weight is 556 g/mol. The average Bonchev–Trinajstić information content (AvgIpc) is 3.15. The summed E-state index contributed by atoms with van der Waals surface area (Å²) in [5, 5.41) is 3.76. The van der Waals surface area contributed by atoms with Crippen LogP contribution in [0, 0.1) is 5.92 Å². The number of carbonyl (C=O) groups excluding carboxylic acids is 1. The van der Waals surface area contributed by atoms with Crippen molar-refractivity contribution in [3.63, 3.8) is 0 Å². The van der Waals surface area contributed by atoms with Gasteiger partial charge in [-0.15, -0.1) is 24.0 Å². The first-order valence-corrected chi connectivity index (χ1v) is 11.6. The Balaban J connectivity index is 0.00000289. The Morgan fingerprint density at radius 2 is 1.94 bits per heavy atom. The van der Waals surface area contributed by atoms with Crippen LogP contribution in [0.1, 0.15) is 51.6 Å². The molecule has 0 radical (unpaired) electrons. The molecular weight excluding hydrogens is 519 g/mol. The van der Waals surface area contributed by atoms with Gasteiger partial charge in [-0.2, -0.15) is 0 Å². The Kier molecular flexibility index (Phi) is 8.66. The minimum Gasteiger partial charge on any atom is -0.444 e. The van der Waals surface area contributed by atoms with Crippen LogP contribution < -0.4 is 5.32 Å². The summed E-state index contributed by atoms with van der Waals surface area (Å²) >= 11 is 0. The molecule has 2 atom stereocenters. The van der Waals surface area contributed by atoms with Crippen LogP contribution in [0.25, 0.3) is 0 Å². The van der Waals surface area contributed by atoms with Gasteiger partial charge in [0.25, 0.3) is 0 Å². The fraction of sp³-hybridized carbons (Fsp3) is 0.667. The molecule has 0 aliphatic carbocycles. The predicted molar refractivity (Wildman–Crippen MR) is 136 cm³/mol. The van der Waals surface area contributed by atoms with E-state index in [0.717, 1.165) is 45.0 Å². The number of rotatable bonds is 4. The number of amides is 1. The summed E-state index contributed by atoms with van der Waals surface area (Å²) in [5.74, 6) is 1.63. The number of fused-ring (bicyclic) bond motifs is 1. The van der Waals surface area contributed by atoms with Crippen molar-refractivity contribution in [3.8, 4) is 0 Å². The second kappa shape index (κ2) is 11.0. The summed E-state index contributed by atoms with van der Waals surface area (Å²) in [6.45, 7) is 10.2. The summed E-state index contributed by atoms with van der Waals surface area (Å²) in [5.41, 5.74) is 0.827. The van der Waals surface area contributed by atoms with E-state index in [1.165, 1.54) is 5.56 Å². The lowest BCUT2D eigenvalue weighted by Crippen LogP contribution is -2.57. The molecule has 2 saturated heterocycles. The summed E-state index contributed by atoms with van der Waals surface area (Å²) in [7, 11) is 0. The molecule has 1 N–H and O–H groups in total. The molecule has 1 aromatic carbocycles. The van der Waals surface area contributed by atoms with Gasteiger partial charge in [-0.1, -0.05) is 30.3 Å². The maximum Gasteiger partial charge on any atom is 0.410 e. The van der Waals surface area contributed by atoms with Gasteiger partial charge in [0.15, 0.2) is 5.96 Å². The summed E-state index contributed by atoms with van der Waals surface area (Å²) < 4.78 is 11.1. The van der Waals surface area contributed by atoms with Crippen molar-refractivity contribution in [2.45, 2.75) is 57.7 Å². The highest BCUT2D eigenvalue weighted by molar-refractivity contribution is 14.0. The van der Waals surface area contributed by atoms with Gasteiger partial charge in [-0.25, -0.2) is 4.79 Å². The maximum atomic E-state index is 12.5. The molecule has 7 nitrogen and oxygen atoms in total. The van der Waals surface area contributed by atoms with Crippen LogP contribution in [0.2, 0.25) is 0 Å². The second-order valence-corrected chi connectivity index (χ2v) is 9.84. The zero-order valence-corrected chi connectivity index (χ0v) is 21.8. The van der Waals surface area contributed by atoms with Gasteiger partial charge < -0.3 is 24.6 Å². The van der Waals surface area contributed by atoms with Crippen LogP contribution in [-0.4, -0.2) is 72.9 Å². The molecule has 0 aromatic heterocycles. The maximum absolute atomic E-state index is 12.5.